The number of rotatable bonds is 4. The fourth-order valence-corrected chi connectivity index (χ4v) is 2.41. The van der Waals surface area contributed by atoms with Gasteiger partial charge in [0.25, 0.3) is 0 Å². The second-order valence-electron chi connectivity index (χ2n) is 4.96. The van der Waals surface area contributed by atoms with Gasteiger partial charge in [0.1, 0.15) is 17.3 Å². The minimum atomic E-state index is 0.596. The van der Waals surface area contributed by atoms with Crippen LogP contribution in [0.15, 0.2) is 12.5 Å². The molecular weight excluding hydrogens is 226 g/mol. The molecular formula is C13H19N5. The highest BCUT2D eigenvalue weighted by molar-refractivity contribution is 5.68. The largest absolute Gasteiger partial charge is 0.383 e. The zero-order valence-electron chi connectivity index (χ0n) is 10.9. The Morgan fingerprint density at radius 3 is 2.89 bits per heavy atom. The molecule has 0 amide bonds. The normalized spacial score (nSPS) is 15.2. The molecule has 0 radical (unpaired) electrons. The van der Waals surface area contributed by atoms with E-state index in [1.165, 1.54) is 12.8 Å². The first-order valence-electron chi connectivity index (χ1n) is 6.57. The van der Waals surface area contributed by atoms with Gasteiger partial charge in [-0.3, -0.25) is 0 Å². The molecule has 1 saturated carbocycles. The van der Waals surface area contributed by atoms with Crippen LogP contribution >= 0.6 is 0 Å². The van der Waals surface area contributed by atoms with Gasteiger partial charge in [-0.25, -0.2) is 9.97 Å². The molecule has 1 aliphatic rings. The highest BCUT2D eigenvalue weighted by atomic mass is 15.2. The molecule has 18 heavy (non-hydrogen) atoms. The SMILES string of the molecule is CCCn1c(C)nc(-c2cncn2C2CC2)c1N. The molecule has 2 aromatic heterocycles. The summed E-state index contributed by atoms with van der Waals surface area (Å²) in [6.07, 6.45) is 7.28. The van der Waals surface area contributed by atoms with Crippen molar-refractivity contribution in [1.82, 2.24) is 19.1 Å². The number of anilines is 1. The number of nitrogens with zero attached hydrogens (tertiary/aromatic N) is 4. The summed E-state index contributed by atoms with van der Waals surface area (Å²) >= 11 is 0. The Bertz CT molecular complexity index is 562. The number of aryl methyl sites for hydroxylation is 1. The number of nitrogens with two attached hydrogens (primary N) is 1. The van der Waals surface area contributed by atoms with Crippen molar-refractivity contribution in [1.29, 1.82) is 0 Å². The van der Waals surface area contributed by atoms with E-state index in [0.29, 0.717) is 6.04 Å². The van der Waals surface area contributed by atoms with Crippen molar-refractivity contribution in [3.8, 4) is 11.4 Å². The molecule has 1 fully saturated rings. The fourth-order valence-electron chi connectivity index (χ4n) is 2.41. The van der Waals surface area contributed by atoms with Crippen LogP contribution in [0.2, 0.25) is 0 Å². The van der Waals surface area contributed by atoms with Crippen LogP contribution < -0.4 is 5.73 Å². The highest BCUT2D eigenvalue weighted by Gasteiger charge is 2.27. The molecule has 2 aromatic rings. The molecule has 0 saturated heterocycles. The Morgan fingerprint density at radius 2 is 2.22 bits per heavy atom. The molecule has 1 aliphatic carbocycles. The van der Waals surface area contributed by atoms with Gasteiger partial charge in [-0.2, -0.15) is 0 Å². The van der Waals surface area contributed by atoms with Gasteiger partial charge >= 0.3 is 0 Å². The topological polar surface area (TPSA) is 61.7 Å². The van der Waals surface area contributed by atoms with Crippen LogP contribution in [0.25, 0.3) is 11.4 Å². The van der Waals surface area contributed by atoms with Crippen molar-refractivity contribution in [3.05, 3.63) is 18.3 Å². The summed E-state index contributed by atoms with van der Waals surface area (Å²) in [5, 5.41) is 0. The summed E-state index contributed by atoms with van der Waals surface area (Å²) < 4.78 is 4.29. The van der Waals surface area contributed by atoms with Gasteiger partial charge < -0.3 is 14.9 Å². The summed E-state index contributed by atoms with van der Waals surface area (Å²) in [7, 11) is 0. The zero-order chi connectivity index (χ0) is 12.7. The summed E-state index contributed by atoms with van der Waals surface area (Å²) in [6, 6.07) is 0.596. The summed E-state index contributed by atoms with van der Waals surface area (Å²) in [5.74, 6) is 1.74. The van der Waals surface area contributed by atoms with Gasteiger partial charge in [-0.1, -0.05) is 6.92 Å². The van der Waals surface area contributed by atoms with Crippen LogP contribution in [0.1, 0.15) is 38.1 Å². The number of nitrogen functional groups attached to an aromatic ring is 1. The predicted molar refractivity (Wildman–Crippen MR) is 71.2 cm³/mol. The minimum Gasteiger partial charge on any atom is -0.383 e. The van der Waals surface area contributed by atoms with Crippen molar-refractivity contribution in [3.63, 3.8) is 0 Å². The molecule has 2 heterocycles. The quantitative estimate of drug-likeness (QED) is 0.899. The third kappa shape index (κ3) is 1.70. The predicted octanol–water partition coefficient (Wildman–Crippen LogP) is 2.38. The summed E-state index contributed by atoms with van der Waals surface area (Å²) in [4.78, 5) is 8.86. The van der Waals surface area contributed by atoms with Gasteiger partial charge in [0, 0.05) is 12.6 Å². The lowest BCUT2D eigenvalue weighted by Gasteiger charge is -2.07. The maximum absolute atomic E-state index is 6.23. The molecule has 0 spiro atoms. The molecule has 0 bridgehead atoms. The van der Waals surface area contributed by atoms with Gasteiger partial charge in [0.05, 0.1) is 18.2 Å². The van der Waals surface area contributed by atoms with Crippen molar-refractivity contribution in [2.45, 2.75) is 45.7 Å². The van der Waals surface area contributed by atoms with Crippen LogP contribution in [0, 0.1) is 6.92 Å². The maximum atomic E-state index is 6.23. The number of aromatic nitrogens is 4. The zero-order valence-corrected chi connectivity index (χ0v) is 10.9. The van der Waals surface area contributed by atoms with Crippen LogP contribution in [-0.4, -0.2) is 19.1 Å². The van der Waals surface area contributed by atoms with E-state index in [0.717, 1.165) is 36.0 Å². The van der Waals surface area contributed by atoms with E-state index in [9.17, 15) is 0 Å². The second-order valence-corrected chi connectivity index (χ2v) is 4.96. The van der Waals surface area contributed by atoms with Gasteiger partial charge in [-0.05, 0) is 26.2 Å². The maximum Gasteiger partial charge on any atom is 0.133 e. The first-order valence-corrected chi connectivity index (χ1v) is 6.57. The molecule has 5 nitrogen and oxygen atoms in total. The van der Waals surface area contributed by atoms with Crippen LogP contribution in [0.5, 0.6) is 0 Å². The summed E-state index contributed by atoms with van der Waals surface area (Å²) in [5.41, 5.74) is 8.16. The Morgan fingerprint density at radius 1 is 1.44 bits per heavy atom. The van der Waals surface area contributed by atoms with Crippen LogP contribution in [-0.2, 0) is 6.54 Å². The van der Waals surface area contributed by atoms with E-state index in [-0.39, 0.29) is 0 Å². The van der Waals surface area contributed by atoms with Crippen molar-refractivity contribution < 1.29 is 0 Å². The second kappa shape index (κ2) is 4.15. The Labute approximate surface area is 107 Å². The number of hydrogen-bond acceptors (Lipinski definition) is 3. The molecule has 2 N–H and O–H groups in total. The smallest absolute Gasteiger partial charge is 0.133 e. The number of imidazole rings is 2. The van der Waals surface area contributed by atoms with Crippen molar-refractivity contribution in [2.75, 3.05) is 5.73 Å². The minimum absolute atomic E-state index is 0.596. The molecule has 3 rings (SSSR count). The lowest BCUT2D eigenvalue weighted by molar-refractivity contribution is 0.665. The lowest BCUT2D eigenvalue weighted by Crippen LogP contribution is -2.04. The summed E-state index contributed by atoms with van der Waals surface area (Å²) in [6.45, 7) is 5.07. The van der Waals surface area contributed by atoms with Crippen molar-refractivity contribution in [2.24, 2.45) is 0 Å². The molecule has 0 aliphatic heterocycles. The Hall–Kier alpha value is -1.78. The lowest BCUT2D eigenvalue weighted by atomic mass is 10.3. The van der Waals surface area contributed by atoms with Gasteiger partial charge in [0.15, 0.2) is 0 Å². The first kappa shape index (κ1) is 11.3. The van der Waals surface area contributed by atoms with Crippen molar-refractivity contribution >= 4 is 5.82 Å². The van der Waals surface area contributed by atoms with E-state index in [1.807, 2.05) is 19.4 Å². The monoisotopic (exact) mass is 245 g/mol. The standard InChI is InChI=1S/C13H19N5/c1-3-6-17-9(2)16-12(13(17)14)11-7-15-8-18(11)10-4-5-10/h7-8,10H,3-6,14H2,1-2H3. The molecule has 5 heteroatoms. The first-order chi connectivity index (χ1) is 8.72. The van der Waals surface area contributed by atoms with Crippen LogP contribution in [0.4, 0.5) is 5.82 Å². The number of hydrogen-bond donors (Lipinski definition) is 1. The van der Waals surface area contributed by atoms with E-state index < -0.39 is 0 Å². The van der Waals surface area contributed by atoms with E-state index >= 15 is 0 Å². The third-order valence-corrected chi connectivity index (χ3v) is 3.49. The van der Waals surface area contributed by atoms with E-state index in [4.69, 9.17) is 5.73 Å². The molecule has 0 aromatic carbocycles. The van der Waals surface area contributed by atoms with Gasteiger partial charge in [0.2, 0.25) is 0 Å². The molecule has 0 atom stereocenters. The molecule has 96 valence electrons. The Kier molecular flexibility index (Phi) is 2.61. The van der Waals surface area contributed by atoms with Crippen LogP contribution in [0.3, 0.4) is 0 Å². The van der Waals surface area contributed by atoms with E-state index in [1.54, 1.807) is 0 Å². The molecule has 0 unspecified atom stereocenters. The third-order valence-electron chi connectivity index (χ3n) is 3.49. The average molecular weight is 245 g/mol. The fraction of sp³-hybridized carbons (Fsp3) is 0.538. The highest BCUT2D eigenvalue weighted by Crippen LogP contribution is 2.39. The van der Waals surface area contributed by atoms with E-state index in [2.05, 4.69) is 26.0 Å². The Balaban J connectivity index is 2.05. The van der Waals surface area contributed by atoms with Gasteiger partial charge in [-0.15, -0.1) is 0 Å². The average Bonchev–Trinajstić information content (AvgIpc) is 3.03.